The van der Waals surface area contributed by atoms with Crippen molar-refractivity contribution in [2.45, 2.75) is 40.0 Å². The quantitative estimate of drug-likeness (QED) is 0.460. The third kappa shape index (κ3) is 4.56. The summed E-state index contributed by atoms with van der Waals surface area (Å²) in [7, 11) is 0. The molecule has 2 rings (SSSR count). The van der Waals surface area contributed by atoms with Gasteiger partial charge >= 0.3 is 11.4 Å². The average molecular weight is 415 g/mol. The number of nitrogen functional groups attached to an aromatic ring is 2. The SMILES string of the molecule is C#CCn1c(=O)c(N=O)c(N)n(CC)c1=O.C#CCn1c(=O)cc(N)n(CC)c1=O. The fourth-order valence-corrected chi connectivity index (χ4v) is 2.51. The van der Waals surface area contributed by atoms with Crippen molar-refractivity contribution in [1.82, 2.24) is 18.3 Å². The van der Waals surface area contributed by atoms with Crippen molar-refractivity contribution in [1.29, 1.82) is 0 Å². The second kappa shape index (κ2) is 10.3. The van der Waals surface area contributed by atoms with Gasteiger partial charge in [0.2, 0.25) is 5.69 Å². The number of anilines is 2. The van der Waals surface area contributed by atoms with Gasteiger partial charge in [0.15, 0.2) is 0 Å². The maximum Gasteiger partial charge on any atom is 0.333 e. The maximum atomic E-state index is 11.7. The lowest BCUT2D eigenvalue weighted by Crippen LogP contribution is -2.40. The fourth-order valence-electron chi connectivity index (χ4n) is 2.51. The Bertz CT molecular complexity index is 1270. The Kier molecular flexibility index (Phi) is 8.13. The standard InChI is InChI=1S/C9H10N4O3.C9H11N3O2/c1-3-5-13-8(14)6(11-16)7(10)12(4-2)9(13)15;1-3-5-12-8(13)6-7(10)11(4-2)9(12)14/h1H,4-5,10H2,2H3;1,6H,4-5,10H2,2H3. The Morgan fingerprint density at radius 3 is 1.87 bits per heavy atom. The summed E-state index contributed by atoms with van der Waals surface area (Å²) < 4.78 is 4.07. The molecule has 0 saturated heterocycles. The zero-order valence-corrected chi connectivity index (χ0v) is 16.5. The van der Waals surface area contributed by atoms with E-state index in [2.05, 4.69) is 17.0 Å². The second-order valence-electron chi connectivity index (χ2n) is 5.67. The van der Waals surface area contributed by atoms with E-state index >= 15 is 0 Å². The molecule has 0 bridgehead atoms. The molecule has 4 N–H and O–H groups in total. The first-order chi connectivity index (χ1) is 14.2. The molecular weight excluding hydrogens is 394 g/mol. The number of hydrogen-bond donors (Lipinski definition) is 2. The molecule has 158 valence electrons. The number of terminal acetylenes is 2. The molecule has 0 aliphatic heterocycles. The van der Waals surface area contributed by atoms with Gasteiger partial charge in [0.05, 0.1) is 13.1 Å². The van der Waals surface area contributed by atoms with Crippen LogP contribution in [0.5, 0.6) is 0 Å². The normalized spacial score (nSPS) is 9.73. The lowest BCUT2D eigenvalue weighted by molar-refractivity contribution is 0.619. The Morgan fingerprint density at radius 2 is 1.40 bits per heavy atom. The monoisotopic (exact) mass is 415 g/mol. The van der Waals surface area contributed by atoms with Crippen LogP contribution in [0.1, 0.15) is 13.8 Å². The molecule has 12 nitrogen and oxygen atoms in total. The van der Waals surface area contributed by atoms with Gasteiger partial charge in [-0.3, -0.25) is 18.7 Å². The number of nitroso groups, excluding NO2 is 1. The number of rotatable bonds is 5. The second-order valence-corrected chi connectivity index (χ2v) is 5.67. The van der Waals surface area contributed by atoms with Gasteiger partial charge in [0.1, 0.15) is 11.6 Å². The highest BCUT2D eigenvalue weighted by molar-refractivity contribution is 5.55. The summed E-state index contributed by atoms with van der Waals surface area (Å²) in [6, 6.07) is 1.20. The van der Waals surface area contributed by atoms with E-state index in [1.54, 1.807) is 13.8 Å². The van der Waals surface area contributed by atoms with Gasteiger partial charge in [0.25, 0.3) is 11.1 Å². The van der Waals surface area contributed by atoms with Gasteiger partial charge in [0, 0.05) is 19.2 Å². The van der Waals surface area contributed by atoms with E-state index < -0.39 is 28.2 Å². The van der Waals surface area contributed by atoms with Crippen molar-refractivity contribution < 1.29 is 0 Å². The summed E-state index contributed by atoms with van der Waals surface area (Å²) in [4.78, 5) is 56.6. The molecule has 0 fully saturated rings. The molecule has 30 heavy (non-hydrogen) atoms. The van der Waals surface area contributed by atoms with Gasteiger partial charge in [-0.25, -0.2) is 18.7 Å². The zero-order chi connectivity index (χ0) is 23.0. The van der Waals surface area contributed by atoms with Crippen LogP contribution in [0.2, 0.25) is 0 Å². The molecule has 0 atom stereocenters. The fraction of sp³-hybridized carbons (Fsp3) is 0.333. The van der Waals surface area contributed by atoms with Crippen molar-refractivity contribution in [3.8, 4) is 24.7 Å². The van der Waals surface area contributed by atoms with Crippen molar-refractivity contribution in [3.63, 3.8) is 0 Å². The largest absolute Gasteiger partial charge is 0.385 e. The van der Waals surface area contributed by atoms with Crippen molar-refractivity contribution in [2.24, 2.45) is 5.18 Å². The lowest BCUT2D eigenvalue weighted by atomic mass is 10.4. The van der Waals surface area contributed by atoms with E-state index in [9.17, 15) is 24.1 Å². The van der Waals surface area contributed by atoms with Crippen LogP contribution in [0.3, 0.4) is 0 Å². The first-order valence-corrected chi connectivity index (χ1v) is 8.63. The van der Waals surface area contributed by atoms with Gasteiger partial charge in [-0.15, -0.1) is 17.8 Å². The van der Waals surface area contributed by atoms with E-state index in [0.717, 1.165) is 13.7 Å². The van der Waals surface area contributed by atoms with Crippen LogP contribution in [-0.2, 0) is 26.2 Å². The Morgan fingerprint density at radius 1 is 0.900 bits per heavy atom. The van der Waals surface area contributed by atoms with E-state index in [-0.39, 0.29) is 31.3 Å². The number of nitrogens with two attached hydrogens (primary N) is 2. The van der Waals surface area contributed by atoms with Crippen LogP contribution in [0, 0.1) is 29.6 Å². The van der Waals surface area contributed by atoms with Crippen LogP contribution in [0.4, 0.5) is 17.3 Å². The van der Waals surface area contributed by atoms with E-state index in [4.69, 9.17) is 24.3 Å². The number of hydrogen-bond acceptors (Lipinski definition) is 8. The Hall–Kier alpha value is -4.32. The summed E-state index contributed by atoms with van der Waals surface area (Å²) in [5.41, 5.74) is 8.05. The summed E-state index contributed by atoms with van der Waals surface area (Å²) in [6.45, 7) is 3.80. The molecule has 0 saturated carbocycles. The highest BCUT2D eigenvalue weighted by Gasteiger charge is 2.16. The summed E-state index contributed by atoms with van der Waals surface area (Å²) in [6.07, 6.45) is 10.1. The van der Waals surface area contributed by atoms with Crippen LogP contribution < -0.4 is 34.0 Å². The third-order valence-electron chi connectivity index (χ3n) is 3.98. The molecule has 0 unspecified atom stereocenters. The van der Waals surface area contributed by atoms with Crippen molar-refractivity contribution >= 4 is 17.3 Å². The summed E-state index contributed by atoms with van der Waals surface area (Å²) >= 11 is 0. The minimum atomic E-state index is -0.861. The maximum absolute atomic E-state index is 11.7. The molecule has 12 heteroatoms. The van der Waals surface area contributed by atoms with Crippen LogP contribution in [0.25, 0.3) is 0 Å². The molecule has 0 aliphatic rings. The Labute approximate surface area is 170 Å². The molecule has 2 aromatic rings. The first kappa shape index (κ1) is 23.7. The lowest BCUT2D eigenvalue weighted by Gasteiger charge is -2.10. The topological polar surface area (TPSA) is 169 Å². The van der Waals surface area contributed by atoms with E-state index in [0.29, 0.717) is 6.54 Å². The van der Waals surface area contributed by atoms with Crippen molar-refractivity contribution in [3.05, 3.63) is 52.6 Å². The van der Waals surface area contributed by atoms with Crippen LogP contribution >= 0.6 is 0 Å². The molecule has 0 radical (unpaired) electrons. The smallest absolute Gasteiger partial charge is 0.333 e. The Balaban J connectivity index is 0.000000303. The molecular formula is C18H21N7O5. The molecule has 0 aromatic carbocycles. The van der Waals surface area contributed by atoms with Gasteiger partial charge in [-0.2, -0.15) is 0 Å². The third-order valence-corrected chi connectivity index (χ3v) is 3.98. The highest BCUT2D eigenvalue weighted by atomic mass is 16.3. The first-order valence-electron chi connectivity index (χ1n) is 8.63. The van der Waals surface area contributed by atoms with Crippen molar-refractivity contribution in [2.75, 3.05) is 11.5 Å². The summed E-state index contributed by atoms with van der Waals surface area (Å²) in [5, 5.41) is 2.53. The average Bonchev–Trinajstić information content (AvgIpc) is 2.70. The minimum Gasteiger partial charge on any atom is -0.385 e. The summed E-state index contributed by atoms with van der Waals surface area (Å²) in [5.74, 6) is 4.33. The predicted octanol–water partition coefficient (Wildman–Crippen LogP) is -1.11. The number of aromatic nitrogens is 4. The molecule has 2 aromatic heterocycles. The van der Waals surface area contributed by atoms with E-state index in [1.807, 2.05) is 0 Å². The predicted molar refractivity (Wildman–Crippen MR) is 113 cm³/mol. The molecule has 2 heterocycles. The van der Waals surface area contributed by atoms with E-state index in [1.165, 1.54) is 10.6 Å². The zero-order valence-electron chi connectivity index (χ0n) is 16.5. The van der Waals surface area contributed by atoms with Crippen LogP contribution in [0.15, 0.2) is 30.4 Å². The van der Waals surface area contributed by atoms with Gasteiger partial charge in [-0.1, -0.05) is 11.8 Å². The van der Waals surface area contributed by atoms with Gasteiger partial charge < -0.3 is 11.5 Å². The highest BCUT2D eigenvalue weighted by Crippen LogP contribution is 2.13. The van der Waals surface area contributed by atoms with Gasteiger partial charge in [-0.05, 0) is 19.0 Å². The minimum absolute atomic E-state index is 0.0298. The molecule has 0 spiro atoms. The molecule has 0 aliphatic carbocycles. The number of nitrogens with zero attached hydrogens (tertiary/aromatic N) is 5. The van der Waals surface area contributed by atoms with Crippen LogP contribution in [-0.4, -0.2) is 18.3 Å². The molecule has 0 amide bonds.